The number of nitrogens with zero attached hydrogens (tertiary/aromatic N) is 2. The van der Waals surface area contributed by atoms with E-state index in [4.69, 9.17) is 16.9 Å². The molecule has 19 heavy (non-hydrogen) atoms. The summed E-state index contributed by atoms with van der Waals surface area (Å²) in [5, 5.41) is 18.7. The maximum absolute atomic E-state index is 12.5. The highest BCUT2D eigenvalue weighted by Crippen LogP contribution is 2.26. The molecule has 1 heterocycles. The Balaban J connectivity index is 2.40. The van der Waals surface area contributed by atoms with Crippen LogP contribution >= 0.6 is 11.6 Å². The molecule has 1 fully saturated rings. The highest BCUT2D eigenvalue weighted by Gasteiger charge is 2.30. The summed E-state index contributed by atoms with van der Waals surface area (Å²) in [4.78, 5) is -0.0705. The number of hydrogen-bond donors (Lipinski definition) is 1. The predicted molar refractivity (Wildman–Crippen MR) is 70.2 cm³/mol. The van der Waals surface area contributed by atoms with Gasteiger partial charge in [-0.1, -0.05) is 11.6 Å². The molecule has 102 valence electrons. The molecule has 1 aromatic rings. The summed E-state index contributed by atoms with van der Waals surface area (Å²) in [6, 6.07) is 6.04. The van der Waals surface area contributed by atoms with Crippen molar-refractivity contribution in [2.75, 3.05) is 13.1 Å². The van der Waals surface area contributed by atoms with E-state index >= 15 is 0 Å². The van der Waals surface area contributed by atoms with Gasteiger partial charge in [0, 0.05) is 18.1 Å². The molecule has 0 spiro atoms. The minimum absolute atomic E-state index is 0.0705. The summed E-state index contributed by atoms with van der Waals surface area (Å²) in [6.45, 7) is 0.502. The Bertz CT molecular complexity index is 616. The number of halogens is 1. The molecular formula is C12H13ClN2O3S. The van der Waals surface area contributed by atoms with Crippen molar-refractivity contribution < 1.29 is 13.5 Å². The van der Waals surface area contributed by atoms with Gasteiger partial charge in [0.2, 0.25) is 10.0 Å². The molecular weight excluding hydrogens is 288 g/mol. The Kier molecular flexibility index (Phi) is 4.11. The topological polar surface area (TPSA) is 81.4 Å². The van der Waals surface area contributed by atoms with Crippen molar-refractivity contribution in [1.29, 1.82) is 5.26 Å². The lowest BCUT2D eigenvalue weighted by Crippen LogP contribution is -2.40. The lowest BCUT2D eigenvalue weighted by molar-refractivity contribution is 0.113. The number of aliphatic hydroxyl groups is 1. The first-order chi connectivity index (χ1) is 8.95. The van der Waals surface area contributed by atoms with Crippen LogP contribution in [-0.4, -0.2) is 37.0 Å². The molecule has 5 nitrogen and oxygen atoms in total. The van der Waals surface area contributed by atoms with E-state index < -0.39 is 16.1 Å². The van der Waals surface area contributed by atoms with Gasteiger partial charge in [0.1, 0.15) is 11.0 Å². The Labute approximate surface area is 117 Å². The van der Waals surface area contributed by atoms with Crippen molar-refractivity contribution in [1.82, 2.24) is 4.31 Å². The standard InChI is InChI=1S/C12H13ClN2O3S/c13-10-2-1-9(8-14)12(7-10)19(17,18)15-5-3-11(16)4-6-15/h1-2,7,11,16H,3-6H2. The van der Waals surface area contributed by atoms with Gasteiger partial charge in [-0.2, -0.15) is 9.57 Å². The molecule has 0 unspecified atom stereocenters. The van der Waals surface area contributed by atoms with E-state index in [0.717, 1.165) is 0 Å². The number of piperidine rings is 1. The SMILES string of the molecule is N#Cc1ccc(Cl)cc1S(=O)(=O)N1CCC(O)CC1. The van der Waals surface area contributed by atoms with Gasteiger partial charge < -0.3 is 5.11 Å². The second-order valence-corrected chi connectivity index (χ2v) is 6.73. The third-order valence-corrected chi connectivity index (χ3v) is 5.28. The fraction of sp³-hybridized carbons (Fsp3) is 0.417. The van der Waals surface area contributed by atoms with Gasteiger partial charge in [-0.25, -0.2) is 8.42 Å². The van der Waals surface area contributed by atoms with Crippen molar-refractivity contribution >= 4 is 21.6 Å². The van der Waals surface area contributed by atoms with Gasteiger partial charge in [0.05, 0.1) is 11.7 Å². The van der Waals surface area contributed by atoms with Gasteiger partial charge >= 0.3 is 0 Å². The average molecular weight is 301 g/mol. The van der Waals surface area contributed by atoms with E-state index in [1.165, 1.54) is 22.5 Å². The van der Waals surface area contributed by atoms with Crippen LogP contribution in [0.1, 0.15) is 18.4 Å². The molecule has 1 N–H and O–H groups in total. The molecule has 0 radical (unpaired) electrons. The van der Waals surface area contributed by atoms with Gasteiger partial charge in [-0.3, -0.25) is 0 Å². The zero-order valence-corrected chi connectivity index (χ0v) is 11.7. The summed E-state index contributed by atoms with van der Waals surface area (Å²) in [7, 11) is -3.74. The van der Waals surface area contributed by atoms with E-state index in [1.54, 1.807) is 0 Å². The lowest BCUT2D eigenvalue weighted by Gasteiger charge is -2.29. The number of nitriles is 1. The molecule has 1 aliphatic heterocycles. The molecule has 2 rings (SSSR count). The Morgan fingerprint density at radius 3 is 2.58 bits per heavy atom. The Morgan fingerprint density at radius 2 is 2.00 bits per heavy atom. The maximum Gasteiger partial charge on any atom is 0.244 e. The normalized spacial score (nSPS) is 18.2. The highest BCUT2D eigenvalue weighted by molar-refractivity contribution is 7.89. The largest absolute Gasteiger partial charge is 0.393 e. The molecule has 0 bridgehead atoms. The van der Waals surface area contributed by atoms with Gasteiger partial charge in [-0.15, -0.1) is 0 Å². The quantitative estimate of drug-likeness (QED) is 0.894. The minimum atomic E-state index is -3.74. The predicted octanol–water partition coefficient (Wildman–Crippen LogP) is 1.36. The van der Waals surface area contributed by atoms with E-state index in [-0.39, 0.29) is 28.6 Å². The highest BCUT2D eigenvalue weighted by atomic mass is 35.5. The van der Waals surface area contributed by atoms with E-state index in [1.807, 2.05) is 6.07 Å². The van der Waals surface area contributed by atoms with Crippen LogP contribution in [0.2, 0.25) is 5.02 Å². The van der Waals surface area contributed by atoms with Crippen molar-refractivity contribution in [3.05, 3.63) is 28.8 Å². The van der Waals surface area contributed by atoms with Crippen LogP contribution < -0.4 is 0 Å². The molecule has 1 aliphatic rings. The van der Waals surface area contributed by atoms with Gasteiger partial charge in [0.25, 0.3) is 0 Å². The summed E-state index contributed by atoms with van der Waals surface area (Å²) < 4.78 is 26.2. The second kappa shape index (κ2) is 5.47. The summed E-state index contributed by atoms with van der Waals surface area (Å²) >= 11 is 5.81. The second-order valence-electron chi connectivity index (χ2n) is 4.39. The van der Waals surface area contributed by atoms with Crippen LogP contribution in [0.5, 0.6) is 0 Å². The number of hydrogen-bond acceptors (Lipinski definition) is 4. The molecule has 0 saturated carbocycles. The van der Waals surface area contributed by atoms with E-state index in [0.29, 0.717) is 12.8 Å². The smallest absolute Gasteiger partial charge is 0.244 e. The lowest BCUT2D eigenvalue weighted by atomic mass is 10.1. The van der Waals surface area contributed by atoms with Crippen molar-refractivity contribution in [3.8, 4) is 6.07 Å². The molecule has 0 aromatic heterocycles. The van der Waals surface area contributed by atoms with Gasteiger partial charge in [0.15, 0.2) is 0 Å². The minimum Gasteiger partial charge on any atom is -0.393 e. The van der Waals surface area contributed by atoms with Crippen molar-refractivity contribution in [3.63, 3.8) is 0 Å². The van der Waals surface area contributed by atoms with Crippen LogP contribution in [0.25, 0.3) is 0 Å². The molecule has 0 amide bonds. The van der Waals surface area contributed by atoms with Crippen LogP contribution in [0, 0.1) is 11.3 Å². The number of benzene rings is 1. The fourth-order valence-corrected chi connectivity index (χ4v) is 3.90. The third-order valence-electron chi connectivity index (χ3n) is 3.11. The first-order valence-corrected chi connectivity index (χ1v) is 7.65. The average Bonchev–Trinajstić information content (AvgIpc) is 2.39. The third kappa shape index (κ3) is 2.90. The summed E-state index contributed by atoms with van der Waals surface area (Å²) in [6.07, 6.45) is 0.352. The Morgan fingerprint density at radius 1 is 1.37 bits per heavy atom. The summed E-state index contributed by atoms with van der Waals surface area (Å²) in [5.41, 5.74) is 0.0792. The number of rotatable bonds is 2. The zero-order valence-electron chi connectivity index (χ0n) is 10.1. The van der Waals surface area contributed by atoms with Crippen LogP contribution in [-0.2, 0) is 10.0 Å². The van der Waals surface area contributed by atoms with Gasteiger partial charge in [-0.05, 0) is 31.0 Å². The summed E-state index contributed by atoms with van der Waals surface area (Å²) in [5.74, 6) is 0. The molecule has 0 atom stereocenters. The zero-order chi connectivity index (χ0) is 14.0. The molecule has 7 heteroatoms. The number of aliphatic hydroxyl groups excluding tert-OH is 1. The van der Waals surface area contributed by atoms with Crippen molar-refractivity contribution in [2.45, 2.75) is 23.8 Å². The fourth-order valence-electron chi connectivity index (χ4n) is 2.02. The van der Waals surface area contributed by atoms with E-state index in [2.05, 4.69) is 0 Å². The monoisotopic (exact) mass is 300 g/mol. The maximum atomic E-state index is 12.5. The molecule has 0 aliphatic carbocycles. The number of sulfonamides is 1. The molecule has 1 aromatic carbocycles. The molecule has 1 saturated heterocycles. The van der Waals surface area contributed by atoms with Crippen LogP contribution in [0.15, 0.2) is 23.1 Å². The first-order valence-electron chi connectivity index (χ1n) is 5.83. The van der Waals surface area contributed by atoms with Crippen LogP contribution in [0.3, 0.4) is 0 Å². The van der Waals surface area contributed by atoms with Crippen LogP contribution in [0.4, 0.5) is 0 Å². The first kappa shape index (κ1) is 14.3. The van der Waals surface area contributed by atoms with Crippen molar-refractivity contribution in [2.24, 2.45) is 0 Å². The van der Waals surface area contributed by atoms with E-state index in [9.17, 15) is 13.5 Å². The Hall–Kier alpha value is -1.13.